The summed E-state index contributed by atoms with van der Waals surface area (Å²) in [5, 5.41) is 9.92. The van der Waals surface area contributed by atoms with E-state index < -0.39 is 12.1 Å². The van der Waals surface area contributed by atoms with Gasteiger partial charge in [0.25, 0.3) is 0 Å². The average Bonchev–Trinajstić information content (AvgIpc) is 2.00. The number of hydrogen-bond donors (Lipinski definition) is 3. The van der Waals surface area contributed by atoms with Gasteiger partial charge in [0.15, 0.2) is 0 Å². The first-order chi connectivity index (χ1) is 6.21. The van der Waals surface area contributed by atoms with Crippen LogP contribution in [0, 0.1) is 0 Å². The number of hydrogen-bond acceptors (Lipinski definition) is 3. The molecule has 0 unspecified atom stereocenters. The van der Waals surface area contributed by atoms with Crippen LogP contribution in [0.1, 0.15) is 6.42 Å². The van der Waals surface area contributed by atoms with Crippen molar-refractivity contribution in [1.82, 2.24) is 5.32 Å². The van der Waals surface area contributed by atoms with Gasteiger partial charge in [-0.05, 0) is 7.05 Å². The molecule has 0 atom stereocenters. The van der Waals surface area contributed by atoms with Crippen LogP contribution < -0.4 is 11.1 Å². The van der Waals surface area contributed by atoms with Crippen LogP contribution in [0.25, 0.3) is 0 Å². The Kier molecular flexibility index (Phi) is 7.73. The van der Waals surface area contributed by atoms with Gasteiger partial charge in [-0.1, -0.05) is 0 Å². The Labute approximate surface area is 78.1 Å². The fourth-order valence-corrected chi connectivity index (χ4v) is 0.248. The largest absolute Gasteiger partial charge is 0.490 e. The van der Waals surface area contributed by atoms with Crippen molar-refractivity contribution in [2.24, 2.45) is 5.73 Å². The highest BCUT2D eigenvalue weighted by Crippen LogP contribution is 2.13. The van der Waals surface area contributed by atoms with E-state index in [9.17, 15) is 18.0 Å². The second-order valence-electron chi connectivity index (χ2n) is 2.12. The zero-order chi connectivity index (χ0) is 11.8. The summed E-state index contributed by atoms with van der Waals surface area (Å²) in [6.45, 7) is 0.676. The summed E-state index contributed by atoms with van der Waals surface area (Å²) in [5.41, 5.74) is 4.80. The van der Waals surface area contributed by atoms with Crippen LogP contribution in [0.3, 0.4) is 0 Å². The van der Waals surface area contributed by atoms with Gasteiger partial charge < -0.3 is 16.2 Å². The number of nitrogens with one attached hydrogen (secondary N) is 1. The van der Waals surface area contributed by atoms with Crippen molar-refractivity contribution in [3.8, 4) is 0 Å². The number of amides is 1. The number of rotatable bonds is 3. The van der Waals surface area contributed by atoms with E-state index in [-0.39, 0.29) is 5.91 Å². The molecule has 0 aromatic carbocycles. The molecule has 14 heavy (non-hydrogen) atoms. The molecular formula is C6H11F3N2O3. The topological polar surface area (TPSA) is 92.4 Å². The summed E-state index contributed by atoms with van der Waals surface area (Å²) in [6.07, 6.45) is -4.66. The molecule has 0 heterocycles. The lowest BCUT2D eigenvalue weighted by Gasteiger charge is -1.93. The van der Waals surface area contributed by atoms with E-state index in [1.54, 1.807) is 7.05 Å². The van der Waals surface area contributed by atoms with Crippen molar-refractivity contribution in [2.45, 2.75) is 12.6 Å². The lowest BCUT2D eigenvalue weighted by Crippen LogP contribution is -2.21. The van der Waals surface area contributed by atoms with Crippen LogP contribution in [0.2, 0.25) is 0 Å². The highest BCUT2D eigenvalue weighted by molar-refractivity contribution is 5.73. The standard InChI is InChI=1S/C4H10N2O.C2HF3O2/c1-6-3-2-4(5)7;3-2(4,5)1(6)7/h6H,2-3H2,1H3,(H2,5,7);(H,6,7). The second-order valence-corrected chi connectivity index (χ2v) is 2.12. The number of carbonyl (C=O) groups excluding carboxylic acids is 1. The molecule has 0 saturated carbocycles. The summed E-state index contributed by atoms with van der Waals surface area (Å²) >= 11 is 0. The number of carboxylic acids is 1. The number of nitrogens with two attached hydrogens (primary N) is 1. The summed E-state index contributed by atoms with van der Waals surface area (Å²) in [5.74, 6) is -3.01. The first-order valence-corrected chi connectivity index (χ1v) is 3.44. The molecule has 0 radical (unpaired) electrons. The van der Waals surface area contributed by atoms with Gasteiger partial charge >= 0.3 is 12.1 Å². The van der Waals surface area contributed by atoms with Crippen LogP contribution in [0.5, 0.6) is 0 Å². The molecule has 84 valence electrons. The van der Waals surface area contributed by atoms with E-state index in [0.717, 1.165) is 0 Å². The van der Waals surface area contributed by atoms with Crippen LogP contribution in [0.15, 0.2) is 0 Å². The molecule has 0 aliphatic rings. The Bertz CT molecular complexity index is 193. The van der Waals surface area contributed by atoms with E-state index in [0.29, 0.717) is 13.0 Å². The van der Waals surface area contributed by atoms with Crippen LogP contribution in [-0.4, -0.2) is 36.8 Å². The fourth-order valence-electron chi connectivity index (χ4n) is 0.248. The smallest absolute Gasteiger partial charge is 0.475 e. The summed E-state index contributed by atoms with van der Waals surface area (Å²) in [4.78, 5) is 18.8. The monoisotopic (exact) mass is 216 g/mol. The Balaban J connectivity index is 0. The summed E-state index contributed by atoms with van der Waals surface area (Å²) < 4.78 is 31.7. The molecule has 0 aromatic heterocycles. The first-order valence-electron chi connectivity index (χ1n) is 3.44. The predicted octanol–water partition coefficient (Wildman–Crippen LogP) is -0.286. The Morgan fingerprint density at radius 2 is 1.79 bits per heavy atom. The third-order valence-electron chi connectivity index (χ3n) is 0.864. The molecule has 4 N–H and O–H groups in total. The van der Waals surface area contributed by atoms with E-state index in [2.05, 4.69) is 5.32 Å². The normalized spacial score (nSPS) is 10.0. The third kappa shape index (κ3) is 13.3. The lowest BCUT2D eigenvalue weighted by molar-refractivity contribution is -0.192. The highest BCUT2D eigenvalue weighted by atomic mass is 19.4. The van der Waals surface area contributed by atoms with Crippen molar-refractivity contribution < 1.29 is 27.9 Å². The minimum Gasteiger partial charge on any atom is -0.475 e. The van der Waals surface area contributed by atoms with Crippen molar-refractivity contribution in [3.63, 3.8) is 0 Å². The summed E-state index contributed by atoms with van der Waals surface area (Å²) in [7, 11) is 1.78. The van der Waals surface area contributed by atoms with Gasteiger partial charge in [-0.3, -0.25) is 4.79 Å². The minimum atomic E-state index is -5.08. The molecule has 5 nitrogen and oxygen atoms in total. The number of alkyl halides is 3. The van der Waals surface area contributed by atoms with Crippen LogP contribution in [-0.2, 0) is 9.59 Å². The van der Waals surface area contributed by atoms with E-state index in [4.69, 9.17) is 15.6 Å². The number of aliphatic carboxylic acids is 1. The van der Waals surface area contributed by atoms with Gasteiger partial charge in [-0.15, -0.1) is 0 Å². The zero-order valence-corrected chi connectivity index (χ0v) is 7.39. The van der Waals surface area contributed by atoms with Crippen LogP contribution >= 0.6 is 0 Å². The minimum absolute atomic E-state index is 0.255. The molecule has 0 spiro atoms. The molecule has 0 fully saturated rings. The molecule has 0 bridgehead atoms. The molecule has 0 aliphatic carbocycles. The van der Waals surface area contributed by atoms with E-state index >= 15 is 0 Å². The van der Waals surface area contributed by atoms with Gasteiger partial charge in [0.2, 0.25) is 5.91 Å². The molecule has 0 saturated heterocycles. The SMILES string of the molecule is CNCCC(N)=O.O=C(O)C(F)(F)F. The fraction of sp³-hybridized carbons (Fsp3) is 0.667. The highest BCUT2D eigenvalue weighted by Gasteiger charge is 2.38. The van der Waals surface area contributed by atoms with E-state index in [1.807, 2.05) is 0 Å². The maximum absolute atomic E-state index is 10.6. The molecule has 0 rings (SSSR count). The van der Waals surface area contributed by atoms with Gasteiger partial charge in [-0.25, -0.2) is 4.79 Å². The molecule has 0 aliphatic heterocycles. The average molecular weight is 216 g/mol. The Hall–Kier alpha value is -1.31. The van der Waals surface area contributed by atoms with Gasteiger partial charge in [0.05, 0.1) is 0 Å². The molecular weight excluding hydrogens is 205 g/mol. The quantitative estimate of drug-likeness (QED) is 0.604. The van der Waals surface area contributed by atoms with Gasteiger partial charge in [0.1, 0.15) is 0 Å². The second kappa shape index (κ2) is 7.13. The summed E-state index contributed by atoms with van der Waals surface area (Å²) in [6, 6.07) is 0. The number of primary amides is 1. The maximum Gasteiger partial charge on any atom is 0.490 e. The molecule has 1 amide bonds. The predicted molar refractivity (Wildman–Crippen MR) is 41.4 cm³/mol. The van der Waals surface area contributed by atoms with Gasteiger partial charge in [-0.2, -0.15) is 13.2 Å². The van der Waals surface area contributed by atoms with Crippen molar-refractivity contribution >= 4 is 11.9 Å². The van der Waals surface area contributed by atoms with Crippen LogP contribution in [0.4, 0.5) is 13.2 Å². The number of carbonyl (C=O) groups is 2. The maximum atomic E-state index is 10.6. The van der Waals surface area contributed by atoms with E-state index in [1.165, 1.54) is 0 Å². The number of halogens is 3. The molecule has 0 aromatic rings. The number of carboxylic acid groups (broad SMARTS) is 1. The van der Waals surface area contributed by atoms with Crippen molar-refractivity contribution in [2.75, 3.05) is 13.6 Å². The van der Waals surface area contributed by atoms with Crippen molar-refractivity contribution in [1.29, 1.82) is 0 Å². The van der Waals surface area contributed by atoms with Gasteiger partial charge in [0, 0.05) is 13.0 Å². The zero-order valence-electron chi connectivity index (χ0n) is 7.39. The third-order valence-corrected chi connectivity index (χ3v) is 0.864. The Morgan fingerprint density at radius 3 is 1.86 bits per heavy atom. The Morgan fingerprint density at radius 1 is 1.43 bits per heavy atom. The van der Waals surface area contributed by atoms with Crippen molar-refractivity contribution in [3.05, 3.63) is 0 Å². The first kappa shape index (κ1) is 15.2. The molecule has 8 heteroatoms. The lowest BCUT2D eigenvalue weighted by atomic mass is 10.4.